The van der Waals surface area contributed by atoms with Crippen LogP contribution in [0, 0.1) is 19.8 Å². The van der Waals surface area contributed by atoms with Crippen LogP contribution in [0.4, 0.5) is 0 Å². The van der Waals surface area contributed by atoms with Crippen molar-refractivity contribution in [1.82, 2.24) is 9.88 Å². The highest BCUT2D eigenvalue weighted by molar-refractivity contribution is 7.89. The van der Waals surface area contributed by atoms with Crippen LogP contribution in [0.15, 0.2) is 33.7 Å². The van der Waals surface area contributed by atoms with Gasteiger partial charge >= 0.3 is 0 Å². The fourth-order valence-electron chi connectivity index (χ4n) is 2.68. The molecule has 0 amide bonds. The summed E-state index contributed by atoms with van der Waals surface area (Å²) in [5.74, 6) is 1.28. The Balaban J connectivity index is 1.69. The van der Waals surface area contributed by atoms with Crippen LogP contribution in [0.3, 0.4) is 0 Å². The largest absolute Gasteiger partial charge is 0.493 e. The molecule has 1 N–H and O–H groups in total. The standard InChI is InChI=1S/C15H18N2O4S/c1-10-15(11(2)21-17-10)22(18,19)16-8-12-7-13-5-3-4-6-14(13)20-9-12/h3-6,12,16H,7-9H2,1-2H3. The Labute approximate surface area is 129 Å². The lowest BCUT2D eigenvalue weighted by atomic mass is 9.97. The van der Waals surface area contributed by atoms with Gasteiger partial charge in [-0.25, -0.2) is 13.1 Å². The van der Waals surface area contributed by atoms with Gasteiger partial charge in [-0.15, -0.1) is 0 Å². The number of aryl methyl sites for hydroxylation is 2. The Hall–Kier alpha value is -1.86. The summed E-state index contributed by atoms with van der Waals surface area (Å²) >= 11 is 0. The van der Waals surface area contributed by atoms with Crippen molar-refractivity contribution in [2.75, 3.05) is 13.2 Å². The summed E-state index contributed by atoms with van der Waals surface area (Å²) in [4.78, 5) is 0.129. The number of fused-ring (bicyclic) bond motifs is 1. The average Bonchev–Trinajstić information content (AvgIpc) is 2.85. The Morgan fingerprint density at radius 2 is 2.09 bits per heavy atom. The minimum absolute atomic E-state index is 0.102. The van der Waals surface area contributed by atoms with Crippen LogP contribution < -0.4 is 9.46 Å². The molecule has 22 heavy (non-hydrogen) atoms. The molecule has 0 fully saturated rings. The first-order chi connectivity index (χ1) is 10.5. The highest BCUT2D eigenvalue weighted by atomic mass is 32.2. The summed E-state index contributed by atoms with van der Waals surface area (Å²) in [5, 5.41) is 3.69. The number of hydrogen-bond donors (Lipinski definition) is 1. The summed E-state index contributed by atoms with van der Waals surface area (Å²) in [6, 6.07) is 7.82. The van der Waals surface area contributed by atoms with Crippen LogP contribution >= 0.6 is 0 Å². The molecular formula is C15H18N2O4S. The van der Waals surface area contributed by atoms with E-state index in [-0.39, 0.29) is 10.8 Å². The average molecular weight is 322 g/mol. The third-order valence-corrected chi connectivity index (χ3v) is 5.42. The van der Waals surface area contributed by atoms with E-state index in [0.717, 1.165) is 17.7 Å². The first kappa shape index (κ1) is 15.1. The van der Waals surface area contributed by atoms with Gasteiger partial charge in [0.1, 0.15) is 16.3 Å². The molecule has 0 spiro atoms. The van der Waals surface area contributed by atoms with Gasteiger partial charge in [0.25, 0.3) is 0 Å². The van der Waals surface area contributed by atoms with Crippen molar-refractivity contribution < 1.29 is 17.7 Å². The molecule has 0 radical (unpaired) electrons. The maximum atomic E-state index is 12.4. The van der Waals surface area contributed by atoms with Crippen molar-refractivity contribution in [2.45, 2.75) is 25.2 Å². The zero-order chi connectivity index (χ0) is 15.7. The second-order valence-corrected chi connectivity index (χ2v) is 7.20. The van der Waals surface area contributed by atoms with E-state index < -0.39 is 10.0 Å². The molecule has 7 heteroatoms. The van der Waals surface area contributed by atoms with E-state index in [4.69, 9.17) is 9.26 Å². The van der Waals surface area contributed by atoms with Crippen LogP contribution in [0.2, 0.25) is 0 Å². The van der Waals surface area contributed by atoms with Crippen molar-refractivity contribution in [2.24, 2.45) is 5.92 Å². The van der Waals surface area contributed by atoms with E-state index in [0.29, 0.717) is 24.6 Å². The highest BCUT2D eigenvalue weighted by Crippen LogP contribution is 2.27. The van der Waals surface area contributed by atoms with Crippen molar-refractivity contribution in [3.05, 3.63) is 41.3 Å². The minimum atomic E-state index is -3.62. The molecule has 0 saturated carbocycles. The number of nitrogens with zero attached hydrogens (tertiary/aromatic N) is 1. The van der Waals surface area contributed by atoms with Crippen molar-refractivity contribution >= 4 is 10.0 Å². The van der Waals surface area contributed by atoms with Crippen LogP contribution in [0.1, 0.15) is 17.0 Å². The number of para-hydroxylation sites is 1. The molecule has 1 aliphatic heterocycles. The number of hydrogen-bond acceptors (Lipinski definition) is 5. The summed E-state index contributed by atoms with van der Waals surface area (Å²) in [6.07, 6.45) is 0.792. The van der Waals surface area contributed by atoms with E-state index >= 15 is 0 Å². The predicted octanol–water partition coefficient (Wildman–Crippen LogP) is 1.82. The molecule has 2 aromatic rings. The minimum Gasteiger partial charge on any atom is -0.493 e. The van der Waals surface area contributed by atoms with Gasteiger partial charge in [0.15, 0.2) is 5.76 Å². The van der Waals surface area contributed by atoms with Crippen LogP contribution in [0.5, 0.6) is 5.75 Å². The Bertz CT molecular complexity index is 763. The third kappa shape index (κ3) is 2.86. The number of benzene rings is 1. The van der Waals surface area contributed by atoms with Gasteiger partial charge in [-0.2, -0.15) is 0 Å². The molecule has 2 heterocycles. The van der Waals surface area contributed by atoms with Gasteiger partial charge in [0.2, 0.25) is 10.0 Å². The fourth-order valence-corrected chi connectivity index (χ4v) is 4.12. The number of sulfonamides is 1. The number of rotatable bonds is 4. The Morgan fingerprint density at radius 1 is 1.32 bits per heavy atom. The zero-order valence-corrected chi connectivity index (χ0v) is 13.3. The Morgan fingerprint density at radius 3 is 2.82 bits per heavy atom. The van der Waals surface area contributed by atoms with Crippen molar-refractivity contribution in [3.63, 3.8) is 0 Å². The molecule has 1 aromatic carbocycles. The molecule has 0 saturated heterocycles. The van der Waals surface area contributed by atoms with Gasteiger partial charge in [-0.1, -0.05) is 23.4 Å². The quantitative estimate of drug-likeness (QED) is 0.928. The zero-order valence-electron chi connectivity index (χ0n) is 12.5. The molecule has 0 bridgehead atoms. The van der Waals surface area contributed by atoms with E-state index in [2.05, 4.69) is 9.88 Å². The summed E-state index contributed by atoms with van der Waals surface area (Å²) in [5.41, 5.74) is 1.48. The van der Waals surface area contributed by atoms with E-state index in [9.17, 15) is 8.42 Å². The molecule has 3 rings (SSSR count). The lowest BCUT2D eigenvalue weighted by Crippen LogP contribution is -2.35. The van der Waals surface area contributed by atoms with Crippen LogP contribution in [-0.2, 0) is 16.4 Å². The SMILES string of the molecule is Cc1noc(C)c1S(=O)(=O)NCC1COc2ccccc2C1. The molecule has 118 valence electrons. The third-order valence-electron chi connectivity index (χ3n) is 3.75. The molecule has 1 aromatic heterocycles. The monoisotopic (exact) mass is 322 g/mol. The summed E-state index contributed by atoms with van der Waals surface area (Å²) < 4.78 is 38.0. The van der Waals surface area contributed by atoms with Crippen molar-refractivity contribution in [3.8, 4) is 5.75 Å². The summed E-state index contributed by atoms with van der Waals surface area (Å²) in [7, 11) is -3.62. The molecule has 1 aliphatic rings. The summed E-state index contributed by atoms with van der Waals surface area (Å²) in [6.45, 7) is 4.03. The molecule has 1 unspecified atom stereocenters. The van der Waals surface area contributed by atoms with Gasteiger partial charge in [-0.05, 0) is 31.9 Å². The van der Waals surface area contributed by atoms with E-state index in [1.807, 2.05) is 24.3 Å². The van der Waals surface area contributed by atoms with Crippen LogP contribution in [0.25, 0.3) is 0 Å². The van der Waals surface area contributed by atoms with Gasteiger partial charge < -0.3 is 9.26 Å². The number of nitrogens with one attached hydrogen (secondary N) is 1. The smallest absolute Gasteiger partial charge is 0.245 e. The molecule has 6 nitrogen and oxygen atoms in total. The second-order valence-electron chi connectivity index (χ2n) is 5.49. The molecular weight excluding hydrogens is 304 g/mol. The fraction of sp³-hybridized carbons (Fsp3) is 0.400. The Kier molecular flexibility index (Phi) is 3.92. The first-order valence-electron chi connectivity index (χ1n) is 7.10. The number of aromatic nitrogens is 1. The maximum Gasteiger partial charge on any atom is 0.245 e. The highest BCUT2D eigenvalue weighted by Gasteiger charge is 2.26. The van der Waals surface area contributed by atoms with Gasteiger partial charge in [0, 0.05) is 12.5 Å². The van der Waals surface area contributed by atoms with Gasteiger partial charge in [0.05, 0.1) is 6.61 Å². The normalized spacial score (nSPS) is 17.8. The van der Waals surface area contributed by atoms with E-state index in [1.165, 1.54) is 0 Å². The maximum absolute atomic E-state index is 12.4. The molecule has 1 atom stereocenters. The topological polar surface area (TPSA) is 81.4 Å². The molecule has 0 aliphatic carbocycles. The van der Waals surface area contributed by atoms with Crippen molar-refractivity contribution in [1.29, 1.82) is 0 Å². The van der Waals surface area contributed by atoms with E-state index in [1.54, 1.807) is 13.8 Å². The second kappa shape index (κ2) is 5.73. The van der Waals surface area contributed by atoms with Gasteiger partial charge in [-0.3, -0.25) is 0 Å². The predicted molar refractivity (Wildman–Crippen MR) is 80.3 cm³/mol. The lowest BCUT2D eigenvalue weighted by molar-refractivity contribution is 0.223. The van der Waals surface area contributed by atoms with Crippen LogP contribution in [-0.4, -0.2) is 26.7 Å². The number of ether oxygens (including phenoxy) is 1. The lowest BCUT2D eigenvalue weighted by Gasteiger charge is -2.25. The first-order valence-corrected chi connectivity index (χ1v) is 8.59.